The Morgan fingerprint density at radius 2 is 1.58 bits per heavy atom. The fourth-order valence-corrected chi connectivity index (χ4v) is 7.65. The number of aromatic nitrogens is 4. The van der Waals surface area contributed by atoms with Gasteiger partial charge in [0.2, 0.25) is 0 Å². The SMILES string of the molecule is CCc1c2[nH]c(c1C)Cc1[nH]c(c(C)c1/C=C/c1ccncc1)C=C1N=C(C(CC(=O)OC)=c3[nH]c(c(C)c3C(=O)OC)=C2)[C@@H](CCC(=O)OC)[C@@H]1C. The predicted molar refractivity (Wildman–Crippen MR) is 205 cm³/mol. The highest BCUT2D eigenvalue weighted by atomic mass is 16.5. The van der Waals surface area contributed by atoms with Crippen molar-refractivity contribution in [1.29, 1.82) is 0 Å². The normalized spacial score (nSPS) is 16.6. The highest BCUT2D eigenvalue weighted by Gasteiger charge is 2.37. The fourth-order valence-electron chi connectivity index (χ4n) is 7.65. The summed E-state index contributed by atoms with van der Waals surface area (Å²) in [6.07, 6.45) is 13.7. The van der Waals surface area contributed by atoms with Crippen molar-refractivity contribution in [3.05, 3.63) is 103 Å². The van der Waals surface area contributed by atoms with Gasteiger partial charge in [0.1, 0.15) is 0 Å². The van der Waals surface area contributed by atoms with Gasteiger partial charge in [-0.05, 0) is 91.3 Å². The molecule has 11 heteroatoms. The van der Waals surface area contributed by atoms with Crippen LogP contribution in [-0.2, 0) is 36.6 Å². The van der Waals surface area contributed by atoms with E-state index >= 15 is 0 Å². The lowest BCUT2D eigenvalue weighted by Gasteiger charge is -2.19. The lowest BCUT2D eigenvalue weighted by Crippen LogP contribution is -2.29. The summed E-state index contributed by atoms with van der Waals surface area (Å²) >= 11 is 0. The molecule has 4 aromatic heterocycles. The number of pyridine rings is 1. The third-order valence-electron chi connectivity index (χ3n) is 10.8. The Morgan fingerprint density at radius 1 is 0.868 bits per heavy atom. The van der Waals surface area contributed by atoms with E-state index in [1.54, 1.807) is 12.4 Å². The van der Waals surface area contributed by atoms with Gasteiger partial charge in [-0.15, -0.1) is 0 Å². The first-order chi connectivity index (χ1) is 25.5. The Morgan fingerprint density at radius 3 is 2.26 bits per heavy atom. The first-order valence-corrected chi connectivity index (χ1v) is 17.9. The summed E-state index contributed by atoms with van der Waals surface area (Å²) in [5, 5.41) is 1.14. The van der Waals surface area contributed by atoms with Crippen LogP contribution in [0, 0.1) is 32.6 Å². The topological polar surface area (TPSA) is 152 Å². The van der Waals surface area contributed by atoms with E-state index in [9.17, 15) is 14.4 Å². The number of H-pyrrole nitrogens is 3. The fraction of sp³-hybridized carbons (Fsp3) is 0.357. The third-order valence-corrected chi connectivity index (χ3v) is 10.8. The van der Waals surface area contributed by atoms with Gasteiger partial charge >= 0.3 is 17.9 Å². The molecule has 53 heavy (non-hydrogen) atoms. The summed E-state index contributed by atoms with van der Waals surface area (Å²) in [7, 11) is 4.05. The Bertz CT molecular complexity index is 2300. The molecule has 4 aromatic rings. The molecule has 0 saturated carbocycles. The summed E-state index contributed by atoms with van der Waals surface area (Å²) < 4.78 is 15.5. The number of hydrogen-bond acceptors (Lipinski definition) is 8. The highest BCUT2D eigenvalue weighted by Crippen LogP contribution is 2.39. The van der Waals surface area contributed by atoms with Gasteiger partial charge in [0.15, 0.2) is 0 Å². The van der Waals surface area contributed by atoms with Crippen molar-refractivity contribution in [2.45, 2.75) is 66.7 Å². The number of aromatic amines is 3. The molecule has 276 valence electrons. The molecule has 0 saturated heterocycles. The number of carbonyl (C=O) groups is 3. The molecule has 8 bridgehead atoms. The maximum absolute atomic E-state index is 13.6. The quantitative estimate of drug-likeness (QED) is 0.149. The number of esters is 3. The van der Waals surface area contributed by atoms with Crippen LogP contribution in [0.5, 0.6) is 0 Å². The number of fused-ring (bicyclic) bond motifs is 7. The van der Waals surface area contributed by atoms with Crippen LogP contribution in [0.2, 0.25) is 0 Å². The van der Waals surface area contributed by atoms with E-state index in [1.807, 2.05) is 25.1 Å². The number of ether oxygens (including phenoxy) is 3. The minimum atomic E-state index is -0.539. The van der Waals surface area contributed by atoms with Gasteiger partial charge < -0.3 is 29.2 Å². The van der Waals surface area contributed by atoms with Crippen LogP contribution >= 0.6 is 0 Å². The van der Waals surface area contributed by atoms with E-state index in [2.05, 4.69) is 65.9 Å². The molecule has 0 amide bonds. The molecule has 0 radical (unpaired) electrons. The average Bonchev–Trinajstić information content (AvgIpc) is 3.84. The smallest absolute Gasteiger partial charge is 0.340 e. The van der Waals surface area contributed by atoms with Gasteiger partial charge in [-0.25, -0.2) is 4.79 Å². The van der Waals surface area contributed by atoms with E-state index in [0.717, 1.165) is 57.1 Å². The summed E-state index contributed by atoms with van der Waals surface area (Å²) in [5.41, 5.74) is 12.4. The molecule has 0 aliphatic carbocycles. The zero-order valence-electron chi connectivity index (χ0n) is 31.7. The van der Waals surface area contributed by atoms with Crippen LogP contribution < -0.4 is 10.7 Å². The van der Waals surface area contributed by atoms with Crippen LogP contribution in [0.15, 0.2) is 35.2 Å². The van der Waals surface area contributed by atoms with Crippen LogP contribution in [0.3, 0.4) is 0 Å². The Balaban J connectivity index is 1.70. The summed E-state index contributed by atoms with van der Waals surface area (Å²) in [4.78, 5) is 59.6. The molecule has 2 atom stereocenters. The first kappa shape index (κ1) is 37.1. The van der Waals surface area contributed by atoms with E-state index in [-0.39, 0.29) is 30.6 Å². The molecule has 2 aliphatic rings. The Labute approximate surface area is 309 Å². The van der Waals surface area contributed by atoms with Crippen molar-refractivity contribution in [2.24, 2.45) is 16.8 Å². The summed E-state index contributed by atoms with van der Waals surface area (Å²) in [6, 6.07) is 3.94. The minimum absolute atomic E-state index is 0.150. The molecule has 3 N–H and O–H groups in total. The van der Waals surface area contributed by atoms with Gasteiger partial charge in [0, 0.05) is 76.5 Å². The molecular weight excluding hydrogens is 670 g/mol. The Hall–Kier alpha value is -5.71. The molecule has 2 aliphatic heterocycles. The largest absolute Gasteiger partial charge is 0.469 e. The van der Waals surface area contributed by atoms with Crippen molar-refractivity contribution in [1.82, 2.24) is 19.9 Å². The second-order valence-electron chi connectivity index (χ2n) is 13.7. The standard InChI is InChI=1S/C42H47N5O6/c1-9-27-22(2)32-20-36-28(11-10-26-14-16-43-17-15-26)23(3)31(45-36)19-33-24(4)29(12-13-37(48)51-6)40(46-33)30(18-38(49)52-7)41-39(42(50)53-8)25(5)34(47-41)21-35(27)44-32/h10-11,14-17,19,21,24,29,44-45,47H,9,12-13,18,20H2,1-8H3/b11-10+,33-19?,34-21?,41-30?/t24-,29-/m0/s1. The van der Waals surface area contributed by atoms with Crippen molar-refractivity contribution < 1.29 is 28.6 Å². The third kappa shape index (κ3) is 7.20. The summed E-state index contributed by atoms with van der Waals surface area (Å²) in [5.74, 6) is -1.80. The number of aliphatic imine (C=N–C) groups is 1. The number of carbonyl (C=O) groups excluding carboxylic acids is 3. The van der Waals surface area contributed by atoms with E-state index in [0.29, 0.717) is 46.0 Å². The minimum Gasteiger partial charge on any atom is -0.469 e. The lowest BCUT2D eigenvalue weighted by molar-refractivity contribution is -0.141. The molecule has 0 spiro atoms. The molecule has 6 rings (SSSR count). The van der Waals surface area contributed by atoms with Gasteiger partial charge in [-0.1, -0.05) is 26.0 Å². The van der Waals surface area contributed by atoms with Crippen LogP contribution in [0.25, 0.3) is 29.9 Å². The maximum atomic E-state index is 13.6. The molecule has 6 heterocycles. The number of methoxy groups -OCH3 is 3. The molecule has 0 fully saturated rings. The highest BCUT2D eigenvalue weighted by molar-refractivity contribution is 6.24. The van der Waals surface area contributed by atoms with Crippen molar-refractivity contribution in [3.63, 3.8) is 0 Å². The van der Waals surface area contributed by atoms with E-state index in [4.69, 9.17) is 19.2 Å². The average molecular weight is 718 g/mol. The monoisotopic (exact) mass is 717 g/mol. The molecular formula is C42H47N5O6. The van der Waals surface area contributed by atoms with E-state index < -0.39 is 11.9 Å². The zero-order chi connectivity index (χ0) is 38.0. The van der Waals surface area contributed by atoms with Gasteiger partial charge in [0.25, 0.3) is 0 Å². The van der Waals surface area contributed by atoms with Crippen molar-refractivity contribution >= 4 is 53.5 Å². The number of rotatable bonds is 9. The second-order valence-corrected chi connectivity index (χ2v) is 13.7. The molecule has 0 unspecified atom stereocenters. The second kappa shape index (κ2) is 15.5. The maximum Gasteiger partial charge on any atom is 0.340 e. The van der Waals surface area contributed by atoms with E-state index in [1.165, 1.54) is 26.9 Å². The summed E-state index contributed by atoms with van der Waals surface area (Å²) in [6.45, 7) is 10.3. The van der Waals surface area contributed by atoms with Crippen LogP contribution in [0.1, 0.15) is 99.6 Å². The number of nitrogens with one attached hydrogen (secondary N) is 3. The lowest BCUT2D eigenvalue weighted by atomic mass is 9.82. The zero-order valence-corrected chi connectivity index (χ0v) is 31.7. The number of allylic oxidation sites excluding steroid dienone is 1. The van der Waals surface area contributed by atoms with Crippen LogP contribution in [-0.4, -0.2) is 64.9 Å². The number of hydrogen-bond donors (Lipinski definition) is 3. The number of nitrogens with zero attached hydrogens (tertiary/aromatic N) is 2. The van der Waals surface area contributed by atoms with Gasteiger partial charge in [0.05, 0.1) is 44.4 Å². The van der Waals surface area contributed by atoms with Crippen LogP contribution in [0.4, 0.5) is 0 Å². The first-order valence-electron chi connectivity index (χ1n) is 17.9. The van der Waals surface area contributed by atoms with Crippen molar-refractivity contribution in [2.75, 3.05) is 21.3 Å². The Kier molecular flexibility index (Phi) is 10.8. The van der Waals surface area contributed by atoms with Gasteiger partial charge in [-0.2, -0.15) is 0 Å². The molecule has 11 nitrogen and oxygen atoms in total. The van der Waals surface area contributed by atoms with Crippen molar-refractivity contribution in [3.8, 4) is 0 Å². The molecule has 0 aromatic carbocycles. The van der Waals surface area contributed by atoms with Gasteiger partial charge in [-0.3, -0.25) is 19.6 Å². The predicted octanol–water partition coefficient (Wildman–Crippen LogP) is 5.66.